The smallest absolute Gasteiger partial charge is 0.277 e. The van der Waals surface area contributed by atoms with E-state index in [4.69, 9.17) is 8.83 Å². The summed E-state index contributed by atoms with van der Waals surface area (Å²) >= 11 is 1.52. The Morgan fingerprint density at radius 3 is 3.04 bits per heavy atom. The normalized spacial score (nSPS) is 17.6. The second kappa shape index (κ2) is 7.61. The standard InChI is InChI=1S/C18H21N5O3S/c1-22(2)10-14-20-21-17(26-14)12-6-3-4-8-23(12)18(24)15-16(25-11-19-15)13-7-5-9-27-13/h5,7,9,11-12H,3-4,6,8,10H2,1-2H3. The zero-order valence-corrected chi connectivity index (χ0v) is 16.1. The van der Waals surface area contributed by atoms with Gasteiger partial charge in [0.25, 0.3) is 5.91 Å². The molecule has 0 spiro atoms. The van der Waals surface area contributed by atoms with Gasteiger partial charge in [-0.05, 0) is 44.8 Å². The molecule has 3 aromatic heterocycles. The third-order valence-corrected chi connectivity index (χ3v) is 5.37. The van der Waals surface area contributed by atoms with Crippen LogP contribution in [-0.4, -0.2) is 51.5 Å². The Morgan fingerprint density at radius 1 is 1.37 bits per heavy atom. The van der Waals surface area contributed by atoms with Gasteiger partial charge in [-0.15, -0.1) is 21.5 Å². The summed E-state index contributed by atoms with van der Waals surface area (Å²) in [5.74, 6) is 1.39. The van der Waals surface area contributed by atoms with Crippen LogP contribution in [0.25, 0.3) is 10.6 Å². The van der Waals surface area contributed by atoms with Crippen LogP contribution in [0.4, 0.5) is 0 Å². The first kappa shape index (κ1) is 17.9. The maximum atomic E-state index is 13.3. The number of hydrogen-bond donors (Lipinski definition) is 0. The number of carbonyl (C=O) groups excluding carboxylic acids is 1. The monoisotopic (exact) mass is 387 g/mol. The van der Waals surface area contributed by atoms with Gasteiger partial charge in [-0.2, -0.15) is 0 Å². The molecule has 1 aliphatic heterocycles. The van der Waals surface area contributed by atoms with E-state index in [2.05, 4.69) is 15.2 Å². The van der Waals surface area contributed by atoms with Crippen LogP contribution in [0.2, 0.25) is 0 Å². The molecule has 27 heavy (non-hydrogen) atoms. The van der Waals surface area contributed by atoms with Crippen LogP contribution in [0.15, 0.2) is 32.7 Å². The van der Waals surface area contributed by atoms with E-state index >= 15 is 0 Å². The number of amides is 1. The van der Waals surface area contributed by atoms with Crippen LogP contribution in [0.5, 0.6) is 0 Å². The minimum absolute atomic E-state index is 0.163. The summed E-state index contributed by atoms with van der Waals surface area (Å²) in [6.07, 6.45) is 4.06. The number of nitrogens with zero attached hydrogens (tertiary/aromatic N) is 5. The van der Waals surface area contributed by atoms with Crippen LogP contribution in [0.3, 0.4) is 0 Å². The van der Waals surface area contributed by atoms with E-state index < -0.39 is 0 Å². The Morgan fingerprint density at radius 2 is 2.26 bits per heavy atom. The van der Waals surface area contributed by atoms with Crippen LogP contribution >= 0.6 is 11.3 Å². The van der Waals surface area contributed by atoms with Crippen LogP contribution < -0.4 is 0 Å². The Labute approximate surface area is 160 Å². The number of likely N-dealkylation sites (tertiary alicyclic amines) is 1. The summed E-state index contributed by atoms with van der Waals surface area (Å²) in [5, 5.41) is 10.3. The van der Waals surface area contributed by atoms with Crippen LogP contribution in [0, 0.1) is 0 Å². The lowest BCUT2D eigenvalue weighted by Gasteiger charge is -2.33. The van der Waals surface area contributed by atoms with Crippen molar-refractivity contribution < 1.29 is 13.6 Å². The lowest BCUT2D eigenvalue weighted by atomic mass is 10.0. The quantitative estimate of drug-likeness (QED) is 0.664. The van der Waals surface area contributed by atoms with Crippen LogP contribution in [0.1, 0.15) is 47.6 Å². The minimum Gasteiger partial charge on any atom is -0.442 e. The molecule has 1 aliphatic rings. The van der Waals surface area contributed by atoms with Gasteiger partial charge in [0.1, 0.15) is 6.04 Å². The maximum absolute atomic E-state index is 13.3. The van der Waals surface area contributed by atoms with Gasteiger partial charge in [0, 0.05) is 6.54 Å². The molecule has 142 valence electrons. The summed E-state index contributed by atoms with van der Waals surface area (Å²) in [7, 11) is 3.88. The van der Waals surface area contributed by atoms with E-state index in [1.54, 1.807) is 4.90 Å². The highest BCUT2D eigenvalue weighted by Crippen LogP contribution is 2.34. The molecular formula is C18H21N5O3S. The average molecular weight is 387 g/mol. The molecule has 0 saturated carbocycles. The highest BCUT2D eigenvalue weighted by atomic mass is 32.1. The van der Waals surface area contributed by atoms with Crippen molar-refractivity contribution in [3.63, 3.8) is 0 Å². The highest BCUT2D eigenvalue weighted by molar-refractivity contribution is 7.13. The molecule has 1 fully saturated rings. The molecule has 1 atom stereocenters. The molecule has 0 aliphatic carbocycles. The second-order valence-corrected chi connectivity index (χ2v) is 7.74. The fourth-order valence-corrected chi connectivity index (χ4v) is 4.00. The molecule has 3 aromatic rings. The van der Waals surface area contributed by atoms with Gasteiger partial charge in [-0.1, -0.05) is 6.07 Å². The lowest BCUT2D eigenvalue weighted by Crippen LogP contribution is -2.39. The van der Waals surface area contributed by atoms with Crippen molar-refractivity contribution >= 4 is 17.2 Å². The molecule has 8 nitrogen and oxygen atoms in total. The second-order valence-electron chi connectivity index (χ2n) is 6.79. The van der Waals surface area contributed by atoms with Crippen molar-refractivity contribution in [2.24, 2.45) is 0 Å². The van der Waals surface area contributed by atoms with Gasteiger partial charge in [0.2, 0.25) is 11.8 Å². The fraction of sp³-hybridized carbons (Fsp3) is 0.444. The first-order chi connectivity index (χ1) is 13.1. The van der Waals surface area contributed by atoms with Gasteiger partial charge < -0.3 is 18.6 Å². The van der Waals surface area contributed by atoms with Crippen molar-refractivity contribution in [3.05, 3.63) is 41.4 Å². The van der Waals surface area contributed by atoms with Gasteiger partial charge in [-0.3, -0.25) is 4.79 Å². The Kier molecular flexibility index (Phi) is 5.04. The number of rotatable bonds is 5. The number of piperidine rings is 1. The highest BCUT2D eigenvalue weighted by Gasteiger charge is 2.35. The molecular weight excluding hydrogens is 366 g/mol. The molecule has 4 rings (SSSR count). The molecule has 1 amide bonds. The lowest BCUT2D eigenvalue weighted by molar-refractivity contribution is 0.0563. The summed E-state index contributed by atoms with van der Waals surface area (Å²) in [5.41, 5.74) is 0.331. The van der Waals surface area contributed by atoms with Crippen molar-refractivity contribution in [2.75, 3.05) is 20.6 Å². The number of hydrogen-bond acceptors (Lipinski definition) is 8. The van der Waals surface area contributed by atoms with E-state index in [1.165, 1.54) is 17.7 Å². The van der Waals surface area contributed by atoms with Crippen LogP contribution in [-0.2, 0) is 6.54 Å². The largest absolute Gasteiger partial charge is 0.442 e. The number of oxazole rings is 1. The summed E-state index contributed by atoms with van der Waals surface area (Å²) in [4.78, 5) is 22.1. The first-order valence-electron chi connectivity index (χ1n) is 8.89. The molecule has 1 saturated heterocycles. The molecule has 0 bridgehead atoms. The predicted octanol–water partition coefficient (Wildman–Crippen LogP) is 3.22. The number of thiophene rings is 1. The zero-order valence-electron chi connectivity index (χ0n) is 15.3. The number of carbonyl (C=O) groups is 1. The third kappa shape index (κ3) is 3.65. The molecule has 9 heteroatoms. The molecule has 4 heterocycles. The van der Waals surface area contributed by atoms with E-state index in [9.17, 15) is 4.79 Å². The van der Waals surface area contributed by atoms with Crippen molar-refractivity contribution in [3.8, 4) is 10.6 Å². The average Bonchev–Trinajstić information content (AvgIpc) is 3.41. The first-order valence-corrected chi connectivity index (χ1v) is 9.77. The zero-order chi connectivity index (χ0) is 18.8. The molecule has 0 N–H and O–H groups in total. The number of aromatic nitrogens is 3. The fourth-order valence-electron chi connectivity index (χ4n) is 3.28. The third-order valence-electron chi connectivity index (χ3n) is 4.50. The van der Waals surface area contributed by atoms with Gasteiger partial charge in [0.05, 0.1) is 11.4 Å². The Bertz CT molecular complexity index is 902. The van der Waals surface area contributed by atoms with Gasteiger partial charge in [0.15, 0.2) is 17.8 Å². The minimum atomic E-state index is -0.234. The van der Waals surface area contributed by atoms with Gasteiger partial charge >= 0.3 is 0 Å². The van der Waals surface area contributed by atoms with Gasteiger partial charge in [-0.25, -0.2) is 4.98 Å². The Balaban J connectivity index is 1.60. The van der Waals surface area contributed by atoms with E-state index in [0.29, 0.717) is 36.3 Å². The van der Waals surface area contributed by atoms with Crippen molar-refractivity contribution in [2.45, 2.75) is 31.8 Å². The molecule has 1 unspecified atom stereocenters. The predicted molar refractivity (Wildman–Crippen MR) is 99.1 cm³/mol. The SMILES string of the molecule is CN(C)Cc1nnc(C2CCCCN2C(=O)c2ncoc2-c2cccs2)o1. The van der Waals surface area contributed by atoms with E-state index in [1.807, 2.05) is 36.5 Å². The summed E-state index contributed by atoms with van der Waals surface area (Å²) < 4.78 is 11.3. The maximum Gasteiger partial charge on any atom is 0.277 e. The summed E-state index contributed by atoms with van der Waals surface area (Å²) in [6.45, 7) is 1.20. The Hall–Kier alpha value is -2.52. The van der Waals surface area contributed by atoms with E-state index in [-0.39, 0.29) is 11.9 Å². The van der Waals surface area contributed by atoms with E-state index in [0.717, 1.165) is 24.1 Å². The molecule has 0 radical (unpaired) electrons. The summed E-state index contributed by atoms with van der Waals surface area (Å²) in [6, 6.07) is 3.61. The van der Waals surface area contributed by atoms with Crippen molar-refractivity contribution in [1.29, 1.82) is 0 Å². The topological polar surface area (TPSA) is 88.5 Å². The van der Waals surface area contributed by atoms with Crippen molar-refractivity contribution in [1.82, 2.24) is 25.0 Å². The molecule has 0 aromatic carbocycles.